The molecule has 0 atom stereocenters. The molecule has 1 amide bonds. The van der Waals surface area contributed by atoms with Gasteiger partial charge >= 0.3 is 0 Å². The second-order valence-corrected chi connectivity index (χ2v) is 5.05. The highest BCUT2D eigenvalue weighted by Crippen LogP contribution is 2.26. The van der Waals surface area contributed by atoms with Gasteiger partial charge in [-0.05, 0) is 36.8 Å². The molecule has 1 rings (SSSR count). The molecule has 4 nitrogen and oxygen atoms in total. The fourth-order valence-corrected chi connectivity index (χ4v) is 2.43. The highest BCUT2D eigenvalue weighted by Gasteiger charge is 2.02. The van der Waals surface area contributed by atoms with E-state index in [0.717, 1.165) is 29.9 Å². The Hall–Kier alpha value is -1.27. The van der Waals surface area contributed by atoms with Crippen molar-refractivity contribution in [1.29, 1.82) is 0 Å². The van der Waals surface area contributed by atoms with Gasteiger partial charge in [-0.1, -0.05) is 6.42 Å². The number of unbranched alkanes of at least 4 members (excludes halogenated alkanes) is 2. The van der Waals surface area contributed by atoms with Crippen LogP contribution < -0.4 is 17.0 Å². The summed E-state index contributed by atoms with van der Waals surface area (Å²) in [7, 11) is 0. The Morgan fingerprint density at radius 2 is 2.11 bits per heavy atom. The Morgan fingerprint density at radius 1 is 1.33 bits per heavy atom. The number of carbonyl (C=O) groups excluding carboxylic acids is 1. The van der Waals surface area contributed by atoms with Crippen LogP contribution in [-0.4, -0.2) is 11.7 Å². The zero-order valence-corrected chi connectivity index (χ0v) is 10.9. The number of halogens is 1. The van der Waals surface area contributed by atoms with Gasteiger partial charge in [-0.25, -0.2) is 10.2 Å². The van der Waals surface area contributed by atoms with Crippen molar-refractivity contribution >= 4 is 23.4 Å². The van der Waals surface area contributed by atoms with Crippen LogP contribution in [0.1, 0.15) is 25.7 Å². The molecule has 0 spiro atoms. The molecule has 1 aromatic carbocycles. The molecule has 18 heavy (non-hydrogen) atoms. The van der Waals surface area contributed by atoms with E-state index < -0.39 is 0 Å². The molecule has 1 aromatic rings. The summed E-state index contributed by atoms with van der Waals surface area (Å²) in [4.78, 5) is 11.7. The van der Waals surface area contributed by atoms with Crippen molar-refractivity contribution in [3.63, 3.8) is 0 Å². The molecule has 0 saturated heterocycles. The van der Waals surface area contributed by atoms with E-state index in [0.29, 0.717) is 12.1 Å². The van der Waals surface area contributed by atoms with Gasteiger partial charge in [0.1, 0.15) is 5.82 Å². The minimum absolute atomic E-state index is 0.134. The first-order chi connectivity index (χ1) is 8.63. The van der Waals surface area contributed by atoms with Crippen molar-refractivity contribution in [1.82, 2.24) is 5.43 Å². The number of benzene rings is 1. The second-order valence-electron chi connectivity index (χ2n) is 3.91. The number of thioether (sulfide) groups is 1. The normalized spacial score (nSPS) is 10.3. The zero-order chi connectivity index (χ0) is 13.4. The third kappa shape index (κ3) is 5.37. The molecule has 0 bridgehead atoms. The van der Waals surface area contributed by atoms with Crippen molar-refractivity contribution in [3.05, 3.63) is 24.0 Å². The molecule has 0 aromatic heterocycles. The van der Waals surface area contributed by atoms with E-state index in [-0.39, 0.29) is 11.7 Å². The average molecular weight is 271 g/mol. The maximum atomic E-state index is 12.8. The summed E-state index contributed by atoms with van der Waals surface area (Å²) in [5, 5.41) is 0. The summed E-state index contributed by atoms with van der Waals surface area (Å²) in [5.74, 6) is 5.42. The predicted octanol–water partition coefficient (Wildman–Crippen LogP) is 2.05. The van der Waals surface area contributed by atoms with Gasteiger partial charge < -0.3 is 5.73 Å². The minimum atomic E-state index is -0.315. The van der Waals surface area contributed by atoms with Crippen molar-refractivity contribution in [2.45, 2.75) is 30.6 Å². The maximum Gasteiger partial charge on any atom is 0.233 e. The number of rotatable bonds is 7. The predicted molar refractivity (Wildman–Crippen MR) is 72.3 cm³/mol. The van der Waals surface area contributed by atoms with E-state index in [1.54, 1.807) is 17.8 Å². The summed E-state index contributed by atoms with van der Waals surface area (Å²) >= 11 is 1.60. The monoisotopic (exact) mass is 271 g/mol. The van der Waals surface area contributed by atoms with Gasteiger partial charge in [-0.2, -0.15) is 0 Å². The largest absolute Gasteiger partial charge is 0.398 e. The molecule has 0 unspecified atom stereocenters. The lowest BCUT2D eigenvalue weighted by Crippen LogP contribution is -2.29. The molecule has 0 saturated carbocycles. The van der Waals surface area contributed by atoms with Crippen molar-refractivity contribution < 1.29 is 9.18 Å². The van der Waals surface area contributed by atoms with Crippen LogP contribution in [0.15, 0.2) is 23.1 Å². The van der Waals surface area contributed by atoms with Crippen LogP contribution in [0.4, 0.5) is 10.1 Å². The highest BCUT2D eigenvalue weighted by molar-refractivity contribution is 7.99. The third-order valence-electron chi connectivity index (χ3n) is 2.44. The van der Waals surface area contributed by atoms with Gasteiger partial charge in [-0.15, -0.1) is 11.8 Å². The molecule has 5 N–H and O–H groups in total. The van der Waals surface area contributed by atoms with Crippen LogP contribution in [0, 0.1) is 5.82 Å². The first-order valence-electron chi connectivity index (χ1n) is 5.80. The minimum Gasteiger partial charge on any atom is -0.398 e. The quantitative estimate of drug-likeness (QED) is 0.177. The fraction of sp³-hybridized carbons (Fsp3) is 0.417. The number of carbonyl (C=O) groups is 1. The second kappa shape index (κ2) is 7.94. The van der Waals surface area contributed by atoms with E-state index in [4.69, 9.17) is 11.6 Å². The standard InChI is InChI=1S/C12H18FN3OS/c13-9-5-6-11(10(14)8-9)18-7-3-1-2-4-12(17)16-15/h5-6,8H,1-4,7,14-15H2,(H,16,17). The Labute approximate surface area is 110 Å². The SMILES string of the molecule is NNC(=O)CCCCCSc1ccc(F)cc1N. The van der Waals surface area contributed by atoms with E-state index in [2.05, 4.69) is 5.43 Å². The van der Waals surface area contributed by atoms with Crippen molar-refractivity contribution in [2.24, 2.45) is 5.84 Å². The smallest absolute Gasteiger partial charge is 0.233 e. The molecule has 0 radical (unpaired) electrons. The highest BCUT2D eigenvalue weighted by atomic mass is 32.2. The van der Waals surface area contributed by atoms with E-state index in [9.17, 15) is 9.18 Å². The van der Waals surface area contributed by atoms with Gasteiger partial charge in [-0.3, -0.25) is 10.2 Å². The van der Waals surface area contributed by atoms with Gasteiger partial charge in [0.15, 0.2) is 0 Å². The third-order valence-corrected chi connectivity index (χ3v) is 3.61. The van der Waals surface area contributed by atoms with Crippen LogP contribution in [0.2, 0.25) is 0 Å². The van der Waals surface area contributed by atoms with E-state index >= 15 is 0 Å². The van der Waals surface area contributed by atoms with Crippen molar-refractivity contribution in [2.75, 3.05) is 11.5 Å². The summed E-state index contributed by atoms with van der Waals surface area (Å²) in [6, 6.07) is 4.43. The molecule has 0 heterocycles. The van der Waals surface area contributed by atoms with E-state index in [1.165, 1.54) is 12.1 Å². The van der Waals surface area contributed by atoms with Gasteiger partial charge in [0.25, 0.3) is 0 Å². The Bertz CT molecular complexity index is 401. The molecule has 0 fully saturated rings. The molecule has 100 valence electrons. The van der Waals surface area contributed by atoms with Gasteiger partial charge in [0, 0.05) is 17.0 Å². The lowest BCUT2D eigenvalue weighted by Gasteiger charge is -2.05. The number of hydrogen-bond acceptors (Lipinski definition) is 4. The number of nitrogens with one attached hydrogen (secondary N) is 1. The van der Waals surface area contributed by atoms with Crippen LogP contribution in [-0.2, 0) is 4.79 Å². The molecular weight excluding hydrogens is 253 g/mol. The van der Waals surface area contributed by atoms with Crippen LogP contribution in [0.3, 0.4) is 0 Å². The van der Waals surface area contributed by atoms with Crippen LogP contribution in [0.25, 0.3) is 0 Å². The van der Waals surface area contributed by atoms with Crippen molar-refractivity contribution in [3.8, 4) is 0 Å². The summed E-state index contributed by atoms with van der Waals surface area (Å²) in [6.07, 6.45) is 3.23. The first kappa shape index (κ1) is 14.8. The fourth-order valence-electron chi connectivity index (χ4n) is 1.47. The van der Waals surface area contributed by atoms with Crippen LogP contribution >= 0.6 is 11.8 Å². The summed E-state index contributed by atoms with van der Waals surface area (Å²) in [5.41, 5.74) is 8.27. The van der Waals surface area contributed by atoms with E-state index in [1.807, 2.05) is 0 Å². The Balaban J connectivity index is 2.16. The number of nitrogen functional groups attached to an aromatic ring is 1. The molecule has 0 aliphatic carbocycles. The average Bonchev–Trinajstić information content (AvgIpc) is 2.35. The first-order valence-corrected chi connectivity index (χ1v) is 6.79. The number of hydrogen-bond donors (Lipinski definition) is 3. The number of amides is 1. The lowest BCUT2D eigenvalue weighted by atomic mass is 10.2. The van der Waals surface area contributed by atoms with Gasteiger partial charge in [0.2, 0.25) is 5.91 Å². The zero-order valence-electron chi connectivity index (χ0n) is 10.1. The van der Waals surface area contributed by atoms with Gasteiger partial charge in [0.05, 0.1) is 0 Å². The van der Waals surface area contributed by atoms with Crippen LogP contribution in [0.5, 0.6) is 0 Å². The maximum absolute atomic E-state index is 12.8. The summed E-state index contributed by atoms with van der Waals surface area (Å²) < 4.78 is 12.8. The number of nitrogens with two attached hydrogens (primary N) is 2. The molecule has 6 heteroatoms. The number of hydrazine groups is 1. The molecule has 0 aliphatic rings. The summed E-state index contributed by atoms with van der Waals surface area (Å²) in [6.45, 7) is 0. The molecule has 0 aliphatic heterocycles. The lowest BCUT2D eigenvalue weighted by molar-refractivity contribution is -0.121. The topological polar surface area (TPSA) is 81.1 Å². The molecular formula is C12H18FN3OS. The Morgan fingerprint density at radius 3 is 2.78 bits per heavy atom. The number of anilines is 1. The Kier molecular flexibility index (Phi) is 6.53.